The number of allylic oxidation sites excluding steroid dienone is 1. The molecule has 0 fully saturated rings. The van der Waals surface area contributed by atoms with Gasteiger partial charge < -0.3 is 5.11 Å². The maximum absolute atomic E-state index is 8.67. The van der Waals surface area contributed by atoms with Gasteiger partial charge in [-0.25, -0.2) is 0 Å². The third kappa shape index (κ3) is 3.67. The van der Waals surface area contributed by atoms with Crippen LogP contribution in [-0.4, -0.2) is 11.7 Å². The van der Waals surface area contributed by atoms with Gasteiger partial charge >= 0.3 is 0 Å². The maximum Gasteiger partial charge on any atom is 0.0436 e. The van der Waals surface area contributed by atoms with Gasteiger partial charge in [-0.15, -0.1) is 0 Å². The van der Waals surface area contributed by atoms with Gasteiger partial charge in [-0.1, -0.05) is 25.5 Å². The highest BCUT2D eigenvalue weighted by atomic mass is 16.3. The molecule has 60 valence electrons. The fraction of sp³-hybridized carbons (Fsp3) is 0.778. The van der Waals surface area contributed by atoms with Gasteiger partial charge in [0.2, 0.25) is 0 Å². The molecule has 0 saturated heterocycles. The Balaban J connectivity index is 3.61. The number of rotatable bonds is 5. The van der Waals surface area contributed by atoms with Crippen molar-refractivity contribution >= 4 is 0 Å². The third-order valence-corrected chi connectivity index (χ3v) is 1.81. The zero-order chi connectivity index (χ0) is 7.98. The number of aliphatic hydroxyl groups is 1. The van der Waals surface area contributed by atoms with E-state index in [0.29, 0.717) is 5.92 Å². The Morgan fingerprint density at radius 1 is 1.50 bits per heavy atom. The molecule has 0 spiro atoms. The van der Waals surface area contributed by atoms with Crippen LogP contribution in [-0.2, 0) is 0 Å². The molecule has 0 heterocycles. The summed E-state index contributed by atoms with van der Waals surface area (Å²) >= 11 is 0. The molecule has 10 heavy (non-hydrogen) atoms. The molecule has 0 bridgehead atoms. The van der Waals surface area contributed by atoms with Crippen LogP contribution in [0.15, 0.2) is 12.2 Å². The molecule has 1 unspecified atom stereocenters. The lowest BCUT2D eigenvalue weighted by atomic mass is 9.94. The van der Waals surface area contributed by atoms with E-state index in [2.05, 4.69) is 13.5 Å². The molecule has 0 aliphatic heterocycles. The Morgan fingerprint density at radius 3 is 2.40 bits per heavy atom. The molecule has 0 aromatic carbocycles. The average Bonchev–Trinajstić information content (AvgIpc) is 1.87. The van der Waals surface area contributed by atoms with E-state index in [1.54, 1.807) is 0 Å². The van der Waals surface area contributed by atoms with Gasteiger partial charge in [-0.3, -0.25) is 0 Å². The SMILES string of the molecule is C=C(C)C(CCC)CCO. The lowest BCUT2D eigenvalue weighted by molar-refractivity contribution is 0.263. The predicted octanol–water partition coefficient (Wildman–Crippen LogP) is 2.36. The van der Waals surface area contributed by atoms with Gasteiger partial charge in [0.25, 0.3) is 0 Å². The molecule has 0 aromatic rings. The van der Waals surface area contributed by atoms with Crippen molar-refractivity contribution in [2.24, 2.45) is 5.92 Å². The summed E-state index contributed by atoms with van der Waals surface area (Å²) in [5.41, 5.74) is 1.20. The maximum atomic E-state index is 8.67. The van der Waals surface area contributed by atoms with Crippen LogP contribution in [0.2, 0.25) is 0 Å². The van der Waals surface area contributed by atoms with Gasteiger partial charge in [-0.2, -0.15) is 0 Å². The van der Waals surface area contributed by atoms with Gasteiger partial charge in [0.15, 0.2) is 0 Å². The Bertz CT molecular complexity index is 90.9. The topological polar surface area (TPSA) is 20.2 Å². The van der Waals surface area contributed by atoms with Crippen LogP contribution in [0.5, 0.6) is 0 Å². The predicted molar refractivity (Wildman–Crippen MR) is 44.9 cm³/mol. The molecule has 0 aliphatic carbocycles. The second-order valence-electron chi connectivity index (χ2n) is 2.84. The quantitative estimate of drug-likeness (QED) is 0.584. The van der Waals surface area contributed by atoms with Gasteiger partial charge in [0.1, 0.15) is 0 Å². The van der Waals surface area contributed by atoms with E-state index in [1.165, 1.54) is 12.0 Å². The molecule has 0 amide bonds. The standard InChI is InChI=1S/C9H18O/c1-4-5-9(6-7-10)8(2)3/h9-10H,2,4-7H2,1,3H3. The van der Waals surface area contributed by atoms with Crippen LogP contribution in [0.4, 0.5) is 0 Å². The molecule has 0 rings (SSSR count). The van der Waals surface area contributed by atoms with Crippen LogP contribution in [0.25, 0.3) is 0 Å². The fourth-order valence-corrected chi connectivity index (χ4v) is 1.14. The van der Waals surface area contributed by atoms with Crippen LogP contribution < -0.4 is 0 Å². The van der Waals surface area contributed by atoms with Crippen LogP contribution in [0.1, 0.15) is 33.1 Å². The highest BCUT2D eigenvalue weighted by molar-refractivity contribution is 4.95. The first-order valence-electron chi connectivity index (χ1n) is 3.98. The molecule has 1 N–H and O–H groups in total. The highest BCUT2D eigenvalue weighted by Gasteiger charge is 2.06. The Morgan fingerprint density at radius 2 is 2.10 bits per heavy atom. The lowest BCUT2D eigenvalue weighted by Crippen LogP contribution is -2.03. The zero-order valence-electron chi connectivity index (χ0n) is 7.06. The van der Waals surface area contributed by atoms with E-state index in [-0.39, 0.29) is 6.61 Å². The van der Waals surface area contributed by atoms with Crippen molar-refractivity contribution in [1.29, 1.82) is 0 Å². The van der Waals surface area contributed by atoms with Crippen molar-refractivity contribution in [1.82, 2.24) is 0 Å². The minimum atomic E-state index is 0.289. The molecule has 1 atom stereocenters. The first-order valence-corrected chi connectivity index (χ1v) is 3.98. The van der Waals surface area contributed by atoms with Gasteiger partial charge in [0.05, 0.1) is 0 Å². The minimum absolute atomic E-state index is 0.289. The van der Waals surface area contributed by atoms with Crippen LogP contribution in [0.3, 0.4) is 0 Å². The minimum Gasteiger partial charge on any atom is -0.396 e. The van der Waals surface area contributed by atoms with E-state index in [0.717, 1.165) is 12.8 Å². The first kappa shape index (κ1) is 9.70. The summed E-state index contributed by atoms with van der Waals surface area (Å²) in [6, 6.07) is 0. The molecule has 1 nitrogen and oxygen atoms in total. The number of hydrogen-bond donors (Lipinski definition) is 1. The average molecular weight is 142 g/mol. The molecule has 0 aromatic heterocycles. The summed E-state index contributed by atoms with van der Waals surface area (Å²) in [5, 5.41) is 8.67. The second-order valence-corrected chi connectivity index (χ2v) is 2.84. The van der Waals surface area contributed by atoms with Crippen molar-refractivity contribution < 1.29 is 5.11 Å². The van der Waals surface area contributed by atoms with Crippen molar-refractivity contribution in [3.8, 4) is 0 Å². The first-order chi connectivity index (χ1) is 4.72. The van der Waals surface area contributed by atoms with E-state index >= 15 is 0 Å². The summed E-state index contributed by atoms with van der Waals surface area (Å²) < 4.78 is 0. The van der Waals surface area contributed by atoms with Gasteiger partial charge in [0, 0.05) is 6.61 Å². The molecule has 0 saturated carbocycles. The fourth-order valence-electron chi connectivity index (χ4n) is 1.14. The van der Waals surface area contributed by atoms with Crippen molar-refractivity contribution in [2.75, 3.05) is 6.61 Å². The second kappa shape index (κ2) is 5.48. The van der Waals surface area contributed by atoms with E-state index < -0.39 is 0 Å². The Hall–Kier alpha value is -0.300. The van der Waals surface area contributed by atoms with Crippen LogP contribution in [0, 0.1) is 5.92 Å². The van der Waals surface area contributed by atoms with E-state index in [9.17, 15) is 0 Å². The Labute approximate surface area is 63.8 Å². The largest absolute Gasteiger partial charge is 0.396 e. The molecule has 0 radical (unpaired) electrons. The van der Waals surface area contributed by atoms with Crippen molar-refractivity contribution in [3.63, 3.8) is 0 Å². The summed E-state index contributed by atoms with van der Waals surface area (Å²) in [4.78, 5) is 0. The third-order valence-electron chi connectivity index (χ3n) is 1.81. The molecule has 1 heteroatoms. The number of hydrogen-bond acceptors (Lipinski definition) is 1. The van der Waals surface area contributed by atoms with Crippen molar-refractivity contribution in [2.45, 2.75) is 33.1 Å². The summed E-state index contributed by atoms with van der Waals surface area (Å²) in [6.45, 7) is 8.37. The van der Waals surface area contributed by atoms with E-state index in [1.807, 2.05) is 6.92 Å². The Kier molecular flexibility index (Phi) is 5.32. The summed E-state index contributed by atoms with van der Waals surface area (Å²) in [5.74, 6) is 0.537. The van der Waals surface area contributed by atoms with E-state index in [4.69, 9.17) is 5.11 Å². The summed E-state index contributed by atoms with van der Waals surface area (Å²) in [7, 11) is 0. The zero-order valence-corrected chi connectivity index (χ0v) is 7.06. The smallest absolute Gasteiger partial charge is 0.0436 e. The van der Waals surface area contributed by atoms with Gasteiger partial charge in [-0.05, 0) is 25.7 Å². The monoisotopic (exact) mass is 142 g/mol. The van der Waals surface area contributed by atoms with Crippen LogP contribution >= 0.6 is 0 Å². The molecular weight excluding hydrogens is 124 g/mol. The normalized spacial score (nSPS) is 13.1. The molecule has 0 aliphatic rings. The number of aliphatic hydroxyl groups excluding tert-OH is 1. The lowest BCUT2D eigenvalue weighted by Gasteiger charge is -2.13. The summed E-state index contributed by atoms with van der Waals surface area (Å²) in [6.07, 6.45) is 3.22. The van der Waals surface area contributed by atoms with Crippen molar-refractivity contribution in [3.05, 3.63) is 12.2 Å². The molecular formula is C9H18O. The highest BCUT2D eigenvalue weighted by Crippen LogP contribution is 2.18.